The number of hydrogen-bond acceptors (Lipinski definition) is 1. The highest BCUT2D eigenvalue weighted by Gasteiger charge is 2.27. The van der Waals surface area contributed by atoms with Gasteiger partial charge in [0, 0.05) is 5.56 Å². The van der Waals surface area contributed by atoms with Gasteiger partial charge in [-0.25, -0.2) is 0 Å². The molecular weight excluding hydrogens is 203 g/mol. The molecule has 0 amide bonds. The second kappa shape index (κ2) is 2.56. The molecule has 1 aliphatic rings. The Kier molecular flexibility index (Phi) is 1.68. The van der Waals surface area contributed by atoms with Gasteiger partial charge in [-0.15, -0.1) is 0 Å². The van der Waals surface area contributed by atoms with Crippen LogP contribution < -0.4 is 4.74 Å². The van der Waals surface area contributed by atoms with E-state index in [9.17, 15) is 0 Å². The lowest BCUT2D eigenvalue weighted by molar-refractivity contribution is 0.314. The SMILES string of the molecule is [B]C1Oc2ccccc2C1Br. The predicted molar refractivity (Wildman–Crippen MR) is 48.3 cm³/mol. The molecule has 0 saturated carbocycles. The topological polar surface area (TPSA) is 9.23 Å². The van der Waals surface area contributed by atoms with Crippen molar-refractivity contribution in [3.05, 3.63) is 29.8 Å². The van der Waals surface area contributed by atoms with Crippen LogP contribution in [0.25, 0.3) is 0 Å². The summed E-state index contributed by atoms with van der Waals surface area (Å²) in [6.07, 6.45) is 0. The molecule has 0 spiro atoms. The van der Waals surface area contributed by atoms with Crippen molar-refractivity contribution in [1.82, 2.24) is 0 Å². The standard InChI is InChI=1S/C8H6BBrO/c9-8-7(10)5-3-1-2-4-6(5)11-8/h1-4,7-8H. The van der Waals surface area contributed by atoms with Crippen LogP contribution in [0.15, 0.2) is 24.3 Å². The van der Waals surface area contributed by atoms with Crippen molar-refractivity contribution in [3.8, 4) is 5.75 Å². The van der Waals surface area contributed by atoms with E-state index in [1.165, 1.54) is 0 Å². The summed E-state index contributed by atoms with van der Waals surface area (Å²) in [5.74, 6) is 0.891. The highest BCUT2D eigenvalue weighted by Crippen LogP contribution is 2.40. The highest BCUT2D eigenvalue weighted by atomic mass is 79.9. The number of ether oxygens (including phenoxy) is 1. The first kappa shape index (κ1) is 7.23. The molecule has 3 heteroatoms. The lowest BCUT2D eigenvalue weighted by Gasteiger charge is -2.05. The monoisotopic (exact) mass is 208 g/mol. The average molecular weight is 209 g/mol. The van der Waals surface area contributed by atoms with Crippen molar-refractivity contribution in [2.45, 2.75) is 10.8 Å². The average Bonchev–Trinajstić information content (AvgIpc) is 2.30. The lowest BCUT2D eigenvalue weighted by Crippen LogP contribution is -2.13. The maximum absolute atomic E-state index is 5.66. The van der Waals surface area contributed by atoms with Crippen LogP contribution in [-0.2, 0) is 0 Å². The maximum Gasteiger partial charge on any atom is 0.128 e. The quantitative estimate of drug-likeness (QED) is 0.468. The van der Waals surface area contributed by atoms with Gasteiger partial charge in [-0.2, -0.15) is 0 Å². The Labute approximate surface area is 75.3 Å². The van der Waals surface area contributed by atoms with E-state index in [-0.39, 0.29) is 10.8 Å². The Morgan fingerprint density at radius 2 is 2.09 bits per heavy atom. The summed E-state index contributed by atoms with van der Waals surface area (Å²) in [6.45, 7) is 0. The zero-order chi connectivity index (χ0) is 7.84. The van der Waals surface area contributed by atoms with Gasteiger partial charge in [0.05, 0.1) is 10.8 Å². The smallest absolute Gasteiger partial charge is 0.128 e. The van der Waals surface area contributed by atoms with Crippen molar-refractivity contribution in [2.75, 3.05) is 0 Å². The van der Waals surface area contributed by atoms with Crippen LogP contribution in [0, 0.1) is 0 Å². The van der Waals surface area contributed by atoms with Crippen LogP contribution in [0.2, 0.25) is 0 Å². The number of hydrogen-bond donors (Lipinski definition) is 0. The molecule has 2 rings (SSSR count). The second-order valence-corrected chi connectivity index (χ2v) is 3.51. The maximum atomic E-state index is 5.66. The van der Waals surface area contributed by atoms with Crippen molar-refractivity contribution in [2.24, 2.45) is 0 Å². The Morgan fingerprint density at radius 1 is 1.36 bits per heavy atom. The van der Waals surface area contributed by atoms with E-state index < -0.39 is 0 Å². The van der Waals surface area contributed by atoms with Crippen LogP contribution in [0.1, 0.15) is 10.4 Å². The number of halogens is 1. The van der Waals surface area contributed by atoms with Gasteiger partial charge in [0.15, 0.2) is 0 Å². The molecule has 1 nitrogen and oxygen atoms in total. The molecule has 2 atom stereocenters. The van der Waals surface area contributed by atoms with Crippen LogP contribution in [0.5, 0.6) is 5.75 Å². The zero-order valence-corrected chi connectivity index (χ0v) is 7.41. The van der Waals surface area contributed by atoms with E-state index in [4.69, 9.17) is 12.6 Å². The van der Waals surface area contributed by atoms with E-state index in [0.717, 1.165) is 11.3 Å². The first-order chi connectivity index (χ1) is 5.29. The fourth-order valence-electron chi connectivity index (χ4n) is 1.20. The zero-order valence-electron chi connectivity index (χ0n) is 5.83. The van der Waals surface area contributed by atoms with Crippen LogP contribution in [-0.4, -0.2) is 13.8 Å². The van der Waals surface area contributed by atoms with Crippen molar-refractivity contribution in [3.63, 3.8) is 0 Å². The summed E-state index contributed by atoms with van der Waals surface area (Å²) < 4.78 is 5.35. The number of para-hydroxylation sites is 1. The molecule has 0 saturated heterocycles. The highest BCUT2D eigenvalue weighted by molar-refractivity contribution is 9.09. The number of rotatable bonds is 0. The molecule has 1 aromatic rings. The molecule has 0 N–H and O–H groups in total. The number of fused-ring (bicyclic) bond motifs is 1. The molecule has 1 aromatic carbocycles. The fraction of sp³-hybridized carbons (Fsp3) is 0.250. The third-order valence-electron chi connectivity index (χ3n) is 1.77. The van der Waals surface area contributed by atoms with Crippen LogP contribution in [0.4, 0.5) is 0 Å². The summed E-state index contributed by atoms with van der Waals surface area (Å²) in [6, 6.07) is 7.62. The molecule has 0 aliphatic carbocycles. The van der Waals surface area contributed by atoms with E-state index in [0.29, 0.717) is 0 Å². The fourth-order valence-corrected chi connectivity index (χ4v) is 1.69. The molecule has 11 heavy (non-hydrogen) atoms. The third kappa shape index (κ3) is 1.08. The van der Waals surface area contributed by atoms with Gasteiger partial charge in [0.2, 0.25) is 0 Å². The largest absolute Gasteiger partial charge is 0.499 e. The molecule has 2 unspecified atom stereocenters. The van der Waals surface area contributed by atoms with Crippen LogP contribution >= 0.6 is 15.9 Å². The van der Waals surface area contributed by atoms with Crippen LogP contribution in [0.3, 0.4) is 0 Å². The molecule has 1 aliphatic heterocycles. The van der Waals surface area contributed by atoms with E-state index >= 15 is 0 Å². The molecule has 0 aromatic heterocycles. The molecular formula is C8H6BBrO. The second-order valence-electron chi connectivity index (χ2n) is 2.52. The van der Waals surface area contributed by atoms with Gasteiger partial charge in [-0.05, 0) is 6.07 Å². The van der Waals surface area contributed by atoms with E-state index in [1.807, 2.05) is 24.3 Å². The minimum atomic E-state index is -0.243. The Morgan fingerprint density at radius 3 is 2.82 bits per heavy atom. The van der Waals surface area contributed by atoms with Crippen molar-refractivity contribution < 1.29 is 4.74 Å². The summed E-state index contributed by atoms with van der Waals surface area (Å²) >= 11 is 3.45. The minimum Gasteiger partial charge on any atom is -0.499 e. The van der Waals surface area contributed by atoms with Gasteiger partial charge in [0.25, 0.3) is 0 Å². The molecule has 0 bridgehead atoms. The number of benzene rings is 1. The Hall–Kier alpha value is -0.435. The van der Waals surface area contributed by atoms with Gasteiger partial charge in [-0.3, -0.25) is 0 Å². The van der Waals surface area contributed by atoms with Gasteiger partial charge in [0.1, 0.15) is 13.6 Å². The summed E-state index contributed by atoms with van der Waals surface area (Å²) in [7, 11) is 5.66. The minimum absolute atomic E-state index is 0.138. The van der Waals surface area contributed by atoms with Gasteiger partial charge >= 0.3 is 0 Å². The summed E-state index contributed by atoms with van der Waals surface area (Å²) in [4.78, 5) is 0.138. The molecule has 54 valence electrons. The predicted octanol–water partition coefficient (Wildman–Crippen LogP) is 2.01. The Bertz CT molecular complexity index is 277. The summed E-state index contributed by atoms with van der Waals surface area (Å²) in [5.41, 5.74) is 1.14. The van der Waals surface area contributed by atoms with Crippen molar-refractivity contribution >= 4 is 23.8 Å². The molecule has 2 radical (unpaired) electrons. The Balaban J connectivity index is 2.47. The van der Waals surface area contributed by atoms with Gasteiger partial charge in [-0.1, -0.05) is 34.1 Å². The summed E-state index contributed by atoms with van der Waals surface area (Å²) in [5, 5.41) is 0. The normalized spacial score (nSPS) is 27.7. The third-order valence-corrected chi connectivity index (χ3v) is 2.78. The molecule has 0 fully saturated rings. The van der Waals surface area contributed by atoms with Crippen molar-refractivity contribution in [1.29, 1.82) is 0 Å². The first-order valence-electron chi connectivity index (χ1n) is 3.44. The van der Waals surface area contributed by atoms with Gasteiger partial charge < -0.3 is 4.74 Å². The van der Waals surface area contributed by atoms with E-state index in [1.54, 1.807) is 0 Å². The number of alkyl halides is 1. The first-order valence-corrected chi connectivity index (χ1v) is 4.36. The lowest BCUT2D eigenvalue weighted by atomic mass is 9.95. The van der Waals surface area contributed by atoms with E-state index in [2.05, 4.69) is 15.9 Å². The molecule has 1 heterocycles.